The molecule has 2 N–H and O–H groups in total. The summed E-state index contributed by atoms with van der Waals surface area (Å²) in [5.41, 5.74) is 6.10. The fourth-order valence-corrected chi connectivity index (χ4v) is 2.31. The molecule has 2 heterocycles. The van der Waals surface area contributed by atoms with E-state index in [1.54, 1.807) is 0 Å². The predicted octanol–water partition coefficient (Wildman–Crippen LogP) is 1.35. The van der Waals surface area contributed by atoms with E-state index in [2.05, 4.69) is 21.8 Å². The summed E-state index contributed by atoms with van der Waals surface area (Å²) in [6, 6.07) is 2.33. The number of hydrogen-bond donors (Lipinski definition) is 1. The number of nitrogens with two attached hydrogens (primary N) is 1. The van der Waals surface area contributed by atoms with Crippen LogP contribution in [0.5, 0.6) is 0 Å². The van der Waals surface area contributed by atoms with E-state index in [4.69, 9.17) is 5.73 Å². The Morgan fingerprint density at radius 1 is 1.56 bits per heavy atom. The van der Waals surface area contributed by atoms with Crippen LogP contribution >= 0.6 is 0 Å². The second-order valence-electron chi connectivity index (χ2n) is 4.53. The lowest BCUT2D eigenvalue weighted by atomic mass is 9.91. The molecule has 0 saturated carbocycles. The molecule has 0 aromatic carbocycles. The van der Waals surface area contributed by atoms with E-state index in [0.29, 0.717) is 12.0 Å². The fraction of sp³-hybridized carbons (Fsp3) is 0.667. The fourth-order valence-electron chi connectivity index (χ4n) is 2.31. The Labute approximate surface area is 96.9 Å². The van der Waals surface area contributed by atoms with Crippen molar-refractivity contribution in [1.29, 1.82) is 0 Å². The van der Waals surface area contributed by atoms with Gasteiger partial charge in [0.15, 0.2) is 0 Å². The molecule has 16 heavy (non-hydrogen) atoms. The quantitative estimate of drug-likeness (QED) is 0.817. The van der Waals surface area contributed by atoms with Gasteiger partial charge in [-0.2, -0.15) is 0 Å². The van der Waals surface area contributed by atoms with Crippen LogP contribution in [0.2, 0.25) is 0 Å². The van der Waals surface area contributed by atoms with Gasteiger partial charge in [0.05, 0.1) is 0 Å². The zero-order valence-corrected chi connectivity index (χ0v) is 10.1. The van der Waals surface area contributed by atoms with Gasteiger partial charge in [0.25, 0.3) is 0 Å². The third-order valence-corrected chi connectivity index (χ3v) is 3.40. The standard InChI is InChI=1S/C12H20N4/c1-3-10-8-16(7-5-11(10)13)12-4-6-14-9(2)15-12/h4,6,10-11H,3,5,7-8,13H2,1-2H3. The number of aryl methyl sites for hydroxylation is 1. The topological polar surface area (TPSA) is 55.0 Å². The minimum Gasteiger partial charge on any atom is -0.356 e. The average molecular weight is 220 g/mol. The Bertz CT molecular complexity index is 353. The van der Waals surface area contributed by atoms with Gasteiger partial charge in [0.2, 0.25) is 0 Å². The highest BCUT2D eigenvalue weighted by molar-refractivity contribution is 5.38. The average Bonchev–Trinajstić information content (AvgIpc) is 2.29. The zero-order chi connectivity index (χ0) is 11.5. The highest BCUT2D eigenvalue weighted by Crippen LogP contribution is 2.22. The maximum atomic E-state index is 6.10. The summed E-state index contributed by atoms with van der Waals surface area (Å²) < 4.78 is 0. The molecule has 88 valence electrons. The van der Waals surface area contributed by atoms with E-state index in [1.165, 1.54) is 0 Å². The van der Waals surface area contributed by atoms with Crippen LogP contribution in [0.25, 0.3) is 0 Å². The van der Waals surface area contributed by atoms with Crippen molar-refractivity contribution in [3.8, 4) is 0 Å². The molecule has 0 radical (unpaired) electrons. The molecule has 0 amide bonds. The van der Waals surface area contributed by atoms with E-state index >= 15 is 0 Å². The largest absolute Gasteiger partial charge is 0.356 e. The van der Waals surface area contributed by atoms with Gasteiger partial charge >= 0.3 is 0 Å². The summed E-state index contributed by atoms with van der Waals surface area (Å²) in [4.78, 5) is 10.9. The molecule has 0 spiro atoms. The van der Waals surface area contributed by atoms with Gasteiger partial charge in [-0.3, -0.25) is 0 Å². The molecule has 2 rings (SSSR count). The van der Waals surface area contributed by atoms with Gasteiger partial charge in [-0.05, 0) is 25.3 Å². The van der Waals surface area contributed by atoms with Crippen LogP contribution in [0.4, 0.5) is 5.82 Å². The highest BCUT2D eigenvalue weighted by Gasteiger charge is 2.25. The van der Waals surface area contributed by atoms with E-state index in [0.717, 1.165) is 37.6 Å². The van der Waals surface area contributed by atoms with E-state index < -0.39 is 0 Å². The van der Waals surface area contributed by atoms with Crippen molar-refractivity contribution in [2.75, 3.05) is 18.0 Å². The lowest BCUT2D eigenvalue weighted by Crippen LogP contribution is -2.47. The maximum absolute atomic E-state index is 6.10. The Hall–Kier alpha value is -1.16. The monoisotopic (exact) mass is 220 g/mol. The Morgan fingerprint density at radius 3 is 3.06 bits per heavy atom. The van der Waals surface area contributed by atoms with Crippen LogP contribution in [-0.2, 0) is 0 Å². The van der Waals surface area contributed by atoms with Crippen LogP contribution in [0.15, 0.2) is 12.3 Å². The molecule has 1 saturated heterocycles. The highest BCUT2D eigenvalue weighted by atomic mass is 15.2. The number of piperidine rings is 1. The summed E-state index contributed by atoms with van der Waals surface area (Å²) >= 11 is 0. The molecule has 0 aliphatic carbocycles. The van der Waals surface area contributed by atoms with Gasteiger partial charge in [0, 0.05) is 25.3 Å². The first-order valence-corrected chi connectivity index (χ1v) is 6.01. The van der Waals surface area contributed by atoms with Crippen LogP contribution < -0.4 is 10.6 Å². The maximum Gasteiger partial charge on any atom is 0.132 e. The molecule has 1 aromatic rings. The van der Waals surface area contributed by atoms with Crippen molar-refractivity contribution >= 4 is 5.82 Å². The summed E-state index contributed by atoms with van der Waals surface area (Å²) in [6.45, 7) is 6.16. The summed E-state index contributed by atoms with van der Waals surface area (Å²) in [7, 11) is 0. The second kappa shape index (κ2) is 4.78. The molecule has 1 aliphatic rings. The third kappa shape index (κ3) is 2.32. The third-order valence-electron chi connectivity index (χ3n) is 3.40. The van der Waals surface area contributed by atoms with E-state index in [-0.39, 0.29) is 0 Å². The Morgan fingerprint density at radius 2 is 2.38 bits per heavy atom. The number of anilines is 1. The van der Waals surface area contributed by atoms with Crippen molar-refractivity contribution in [2.24, 2.45) is 11.7 Å². The molecule has 2 atom stereocenters. The molecule has 4 nitrogen and oxygen atoms in total. The summed E-state index contributed by atoms with van der Waals surface area (Å²) in [5.74, 6) is 2.46. The smallest absolute Gasteiger partial charge is 0.132 e. The van der Waals surface area contributed by atoms with Crippen molar-refractivity contribution in [3.63, 3.8) is 0 Å². The molecular weight excluding hydrogens is 200 g/mol. The van der Waals surface area contributed by atoms with Crippen molar-refractivity contribution < 1.29 is 0 Å². The van der Waals surface area contributed by atoms with Gasteiger partial charge in [-0.15, -0.1) is 0 Å². The van der Waals surface area contributed by atoms with Gasteiger partial charge in [-0.1, -0.05) is 13.3 Å². The van der Waals surface area contributed by atoms with Crippen molar-refractivity contribution in [2.45, 2.75) is 32.7 Å². The number of rotatable bonds is 2. The van der Waals surface area contributed by atoms with Gasteiger partial charge in [0.1, 0.15) is 11.6 Å². The molecule has 1 aromatic heterocycles. The second-order valence-corrected chi connectivity index (χ2v) is 4.53. The molecule has 1 fully saturated rings. The van der Waals surface area contributed by atoms with Crippen LogP contribution in [-0.4, -0.2) is 29.1 Å². The normalized spacial score (nSPS) is 25.8. The van der Waals surface area contributed by atoms with Crippen molar-refractivity contribution in [3.05, 3.63) is 18.1 Å². The van der Waals surface area contributed by atoms with E-state index in [9.17, 15) is 0 Å². The van der Waals surface area contributed by atoms with Crippen molar-refractivity contribution in [1.82, 2.24) is 9.97 Å². The van der Waals surface area contributed by atoms with Gasteiger partial charge < -0.3 is 10.6 Å². The SMILES string of the molecule is CCC1CN(c2ccnc(C)n2)CCC1N. The first-order valence-electron chi connectivity index (χ1n) is 6.01. The minimum atomic E-state index is 0.351. The first-order chi connectivity index (χ1) is 7.70. The summed E-state index contributed by atoms with van der Waals surface area (Å²) in [6.07, 6.45) is 4.02. The number of aromatic nitrogens is 2. The first kappa shape index (κ1) is 11.3. The van der Waals surface area contributed by atoms with E-state index in [1.807, 2.05) is 19.2 Å². The zero-order valence-electron chi connectivity index (χ0n) is 10.1. The number of nitrogens with zero attached hydrogens (tertiary/aromatic N) is 3. The molecule has 4 heteroatoms. The Kier molecular flexibility index (Phi) is 3.39. The van der Waals surface area contributed by atoms with Crippen LogP contribution in [0.1, 0.15) is 25.6 Å². The Balaban J connectivity index is 2.11. The van der Waals surface area contributed by atoms with Gasteiger partial charge in [-0.25, -0.2) is 9.97 Å². The lowest BCUT2D eigenvalue weighted by molar-refractivity contribution is 0.346. The van der Waals surface area contributed by atoms with Crippen LogP contribution in [0.3, 0.4) is 0 Å². The molecule has 1 aliphatic heterocycles. The minimum absolute atomic E-state index is 0.351. The molecule has 0 bridgehead atoms. The predicted molar refractivity (Wildman–Crippen MR) is 65.4 cm³/mol. The molecular formula is C12H20N4. The molecule has 2 unspecified atom stereocenters. The number of hydrogen-bond acceptors (Lipinski definition) is 4. The van der Waals surface area contributed by atoms with Crippen LogP contribution in [0, 0.1) is 12.8 Å². The lowest BCUT2D eigenvalue weighted by Gasteiger charge is -2.37. The summed E-state index contributed by atoms with van der Waals surface area (Å²) in [5, 5.41) is 0.